The maximum atomic E-state index is 11.4. The van der Waals surface area contributed by atoms with Gasteiger partial charge in [0.2, 0.25) is 0 Å². The van der Waals surface area contributed by atoms with Gasteiger partial charge in [-0.1, -0.05) is 30.3 Å². The lowest BCUT2D eigenvalue weighted by Crippen LogP contribution is -2.26. The molecule has 1 aliphatic rings. The van der Waals surface area contributed by atoms with Crippen LogP contribution in [0, 0.1) is 0 Å². The molecular formula is C11H13NO3. The summed E-state index contributed by atoms with van der Waals surface area (Å²) in [5.41, 5.74) is 0.983. The third kappa shape index (κ3) is 2.78. The van der Waals surface area contributed by atoms with Crippen LogP contribution in [0.1, 0.15) is 5.56 Å². The molecule has 0 aromatic heterocycles. The van der Waals surface area contributed by atoms with E-state index in [0.717, 1.165) is 5.56 Å². The summed E-state index contributed by atoms with van der Waals surface area (Å²) in [7, 11) is 0. The van der Waals surface area contributed by atoms with Crippen molar-refractivity contribution in [2.75, 3.05) is 13.3 Å². The van der Waals surface area contributed by atoms with Gasteiger partial charge in [-0.25, -0.2) is 4.79 Å². The smallest absolute Gasteiger partial charge is 0.337 e. The van der Waals surface area contributed by atoms with Gasteiger partial charge in [0.1, 0.15) is 6.61 Å². The van der Waals surface area contributed by atoms with Crippen LogP contribution >= 0.6 is 0 Å². The fourth-order valence-corrected chi connectivity index (χ4v) is 1.38. The van der Waals surface area contributed by atoms with Crippen molar-refractivity contribution in [3.8, 4) is 0 Å². The first kappa shape index (κ1) is 10.1. The number of rotatable bonds is 3. The van der Waals surface area contributed by atoms with E-state index in [1.54, 1.807) is 0 Å². The van der Waals surface area contributed by atoms with Gasteiger partial charge in [0, 0.05) is 6.54 Å². The molecule has 1 aromatic rings. The van der Waals surface area contributed by atoms with Crippen LogP contribution in [-0.4, -0.2) is 25.3 Å². The number of hydrogen-bond donors (Lipinski definition) is 1. The van der Waals surface area contributed by atoms with Crippen LogP contribution in [-0.2, 0) is 20.9 Å². The SMILES string of the molecule is O=C(OCc1ccccc1)C1CNCO1. The van der Waals surface area contributed by atoms with Gasteiger partial charge in [-0.15, -0.1) is 0 Å². The molecule has 0 amide bonds. The summed E-state index contributed by atoms with van der Waals surface area (Å²) < 4.78 is 10.2. The standard InChI is InChI=1S/C11H13NO3/c13-11(10-6-12-8-15-10)14-7-9-4-2-1-3-5-9/h1-5,10,12H,6-8H2. The second kappa shape index (κ2) is 4.91. The average Bonchev–Trinajstić information content (AvgIpc) is 2.81. The Balaban J connectivity index is 1.80. The molecule has 0 aliphatic carbocycles. The number of nitrogens with one attached hydrogen (secondary N) is 1. The normalized spacial score (nSPS) is 20.1. The average molecular weight is 207 g/mol. The van der Waals surface area contributed by atoms with E-state index in [1.807, 2.05) is 30.3 Å². The van der Waals surface area contributed by atoms with Crippen molar-refractivity contribution >= 4 is 5.97 Å². The Morgan fingerprint density at radius 3 is 2.93 bits per heavy atom. The first-order valence-corrected chi connectivity index (χ1v) is 4.89. The van der Waals surface area contributed by atoms with Gasteiger partial charge in [-0.05, 0) is 5.56 Å². The minimum absolute atomic E-state index is 0.302. The van der Waals surface area contributed by atoms with Crippen molar-refractivity contribution in [1.82, 2.24) is 5.32 Å². The summed E-state index contributed by atoms with van der Waals surface area (Å²) in [5, 5.41) is 2.93. The molecule has 4 nitrogen and oxygen atoms in total. The van der Waals surface area contributed by atoms with Gasteiger partial charge in [0.25, 0.3) is 0 Å². The highest BCUT2D eigenvalue weighted by Crippen LogP contribution is 2.04. The van der Waals surface area contributed by atoms with E-state index in [4.69, 9.17) is 9.47 Å². The number of carbonyl (C=O) groups is 1. The lowest BCUT2D eigenvalue weighted by Gasteiger charge is -2.08. The van der Waals surface area contributed by atoms with Crippen molar-refractivity contribution in [3.05, 3.63) is 35.9 Å². The van der Waals surface area contributed by atoms with Gasteiger partial charge in [-0.2, -0.15) is 0 Å². The molecule has 1 saturated heterocycles. The third-order valence-corrected chi connectivity index (χ3v) is 2.20. The van der Waals surface area contributed by atoms with E-state index in [1.165, 1.54) is 0 Å². The molecule has 1 heterocycles. The van der Waals surface area contributed by atoms with Gasteiger partial charge in [0.05, 0.1) is 6.73 Å². The molecular weight excluding hydrogens is 194 g/mol. The Morgan fingerprint density at radius 1 is 1.47 bits per heavy atom. The zero-order chi connectivity index (χ0) is 10.5. The van der Waals surface area contributed by atoms with Gasteiger partial charge in [-0.3, -0.25) is 5.32 Å². The first-order chi connectivity index (χ1) is 7.36. The Morgan fingerprint density at radius 2 is 2.27 bits per heavy atom. The van der Waals surface area contributed by atoms with E-state index >= 15 is 0 Å². The minimum Gasteiger partial charge on any atom is -0.459 e. The van der Waals surface area contributed by atoms with E-state index in [2.05, 4.69) is 5.32 Å². The molecule has 1 atom stereocenters. The molecule has 80 valence electrons. The largest absolute Gasteiger partial charge is 0.459 e. The second-order valence-electron chi connectivity index (χ2n) is 3.35. The molecule has 2 rings (SSSR count). The highest BCUT2D eigenvalue weighted by atomic mass is 16.6. The van der Waals surface area contributed by atoms with Crippen LogP contribution in [0.5, 0.6) is 0 Å². The van der Waals surface area contributed by atoms with E-state index < -0.39 is 6.10 Å². The second-order valence-corrected chi connectivity index (χ2v) is 3.35. The molecule has 0 radical (unpaired) electrons. The summed E-state index contributed by atoms with van der Waals surface area (Å²) in [6, 6.07) is 9.59. The van der Waals surface area contributed by atoms with Crippen LogP contribution in [0.4, 0.5) is 0 Å². The number of benzene rings is 1. The molecule has 4 heteroatoms. The number of carbonyl (C=O) groups excluding carboxylic acids is 1. The maximum Gasteiger partial charge on any atom is 0.337 e. The fourth-order valence-electron chi connectivity index (χ4n) is 1.38. The van der Waals surface area contributed by atoms with Crippen LogP contribution in [0.2, 0.25) is 0 Å². The van der Waals surface area contributed by atoms with Crippen molar-refractivity contribution in [2.45, 2.75) is 12.7 Å². The molecule has 15 heavy (non-hydrogen) atoms. The zero-order valence-electron chi connectivity index (χ0n) is 8.31. The van der Waals surface area contributed by atoms with E-state index in [-0.39, 0.29) is 5.97 Å². The summed E-state index contributed by atoms with van der Waals surface area (Å²) in [6.07, 6.45) is -0.450. The Hall–Kier alpha value is -1.39. The predicted molar refractivity (Wildman–Crippen MR) is 54.0 cm³/mol. The number of esters is 1. The van der Waals surface area contributed by atoms with Crippen molar-refractivity contribution < 1.29 is 14.3 Å². The highest BCUT2D eigenvalue weighted by molar-refractivity contribution is 5.75. The van der Waals surface area contributed by atoms with Gasteiger partial charge in [0.15, 0.2) is 6.10 Å². The zero-order valence-corrected chi connectivity index (χ0v) is 8.31. The number of ether oxygens (including phenoxy) is 2. The van der Waals surface area contributed by atoms with Crippen molar-refractivity contribution in [1.29, 1.82) is 0 Å². The Bertz CT molecular complexity index is 320. The molecule has 1 aromatic carbocycles. The van der Waals surface area contributed by atoms with Crippen LogP contribution in [0.15, 0.2) is 30.3 Å². The predicted octanol–water partition coefficient (Wildman–Crippen LogP) is 0.676. The summed E-state index contributed by atoms with van der Waals surface area (Å²) in [6.45, 7) is 1.26. The van der Waals surface area contributed by atoms with Crippen molar-refractivity contribution in [3.63, 3.8) is 0 Å². The molecule has 1 fully saturated rings. The maximum absolute atomic E-state index is 11.4. The van der Waals surface area contributed by atoms with Crippen molar-refractivity contribution in [2.24, 2.45) is 0 Å². The minimum atomic E-state index is -0.450. The van der Waals surface area contributed by atoms with Gasteiger partial charge >= 0.3 is 5.97 Å². The monoisotopic (exact) mass is 207 g/mol. The third-order valence-electron chi connectivity index (χ3n) is 2.20. The molecule has 1 aliphatic heterocycles. The lowest BCUT2D eigenvalue weighted by atomic mass is 10.2. The molecule has 0 spiro atoms. The first-order valence-electron chi connectivity index (χ1n) is 4.89. The van der Waals surface area contributed by atoms with Crippen LogP contribution < -0.4 is 5.32 Å². The summed E-state index contributed by atoms with van der Waals surface area (Å²) in [5.74, 6) is -0.302. The Kier molecular flexibility index (Phi) is 3.32. The quantitative estimate of drug-likeness (QED) is 0.740. The number of hydrogen-bond acceptors (Lipinski definition) is 4. The Labute approximate surface area is 88.2 Å². The van der Waals surface area contributed by atoms with Crippen LogP contribution in [0.3, 0.4) is 0 Å². The van der Waals surface area contributed by atoms with Crippen LogP contribution in [0.25, 0.3) is 0 Å². The highest BCUT2D eigenvalue weighted by Gasteiger charge is 2.24. The topological polar surface area (TPSA) is 47.6 Å². The molecule has 1 unspecified atom stereocenters. The summed E-state index contributed by atoms with van der Waals surface area (Å²) in [4.78, 5) is 11.4. The van der Waals surface area contributed by atoms with E-state index in [0.29, 0.717) is 19.9 Å². The molecule has 0 bridgehead atoms. The molecule has 1 N–H and O–H groups in total. The molecule has 0 saturated carbocycles. The lowest BCUT2D eigenvalue weighted by molar-refractivity contribution is -0.154. The van der Waals surface area contributed by atoms with Gasteiger partial charge < -0.3 is 9.47 Å². The van der Waals surface area contributed by atoms with E-state index in [9.17, 15) is 4.79 Å². The fraction of sp³-hybridized carbons (Fsp3) is 0.364. The summed E-state index contributed by atoms with van der Waals surface area (Å²) >= 11 is 0.